The van der Waals surface area contributed by atoms with Crippen LogP contribution in [0.15, 0.2) is 30.3 Å². The highest BCUT2D eigenvalue weighted by Crippen LogP contribution is 2.40. The van der Waals surface area contributed by atoms with Crippen LogP contribution in [0.1, 0.15) is 0 Å². The van der Waals surface area contributed by atoms with E-state index in [1.54, 1.807) is 24.3 Å². The molecule has 3 rings (SSSR count). The van der Waals surface area contributed by atoms with Gasteiger partial charge in [-0.2, -0.15) is 0 Å². The molecule has 2 aliphatic rings. The lowest BCUT2D eigenvalue weighted by Gasteiger charge is -2.42. The van der Waals surface area contributed by atoms with Crippen LogP contribution in [0.25, 0.3) is 0 Å². The third-order valence-electron chi connectivity index (χ3n) is 3.48. The average molecular weight is 336 g/mol. The Labute approximate surface area is 134 Å². The second-order valence-electron chi connectivity index (χ2n) is 4.96. The van der Waals surface area contributed by atoms with E-state index in [-0.39, 0.29) is 6.61 Å². The van der Waals surface area contributed by atoms with Crippen LogP contribution in [-0.2, 0) is 19.2 Å². The van der Waals surface area contributed by atoms with Gasteiger partial charge in [-0.25, -0.2) is 4.79 Å². The van der Waals surface area contributed by atoms with Crippen LogP contribution in [0.2, 0.25) is 0 Å². The SMILES string of the molecule is O=C(COc1ccccc1)N[C@@H]1C(=O)N2C(C(=O)O)C(=O)SC12. The highest BCUT2D eigenvalue weighted by molar-refractivity contribution is 8.14. The molecule has 2 fully saturated rings. The zero-order valence-electron chi connectivity index (χ0n) is 11.7. The summed E-state index contributed by atoms with van der Waals surface area (Å²) >= 11 is 0.750. The van der Waals surface area contributed by atoms with Crippen LogP contribution >= 0.6 is 11.8 Å². The van der Waals surface area contributed by atoms with Crippen LogP contribution in [0.4, 0.5) is 0 Å². The first-order valence-electron chi connectivity index (χ1n) is 6.72. The standard InChI is InChI=1S/C14H12N2O6S/c17-8(6-22-7-4-2-1-3-5-7)15-9-11(18)16-10(13(19)20)14(21)23-12(9)16/h1-5,9-10,12H,6H2,(H,15,17)(H,19,20)/t9-,10?,12?/m1/s1. The second-order valence-corrected chi connectivity index (χ2v) is 6.08. The van der Waals surface area contributed by atoms with Gasteiger partial charge in [0.05, 0.1) is 0 Å². The van der Waals surface area contributed by atoms with Gasteiger partial charge in [0.2, 0.25) is 11.0 Å². The average Bonchev–Trinajstić information content (AvgIpc) is 2.85. The molecule has 8 nitrogen and oxygen atoms in total. The number of hydrogen-bond acceptors (Lipinski definition) is 6. The summed E-state index contributed by atoms with van der Waals surface area (Å²) in [5.74, 6) is -1.94. The number of thioether (sulfide) groups is 1. The number of nitrogens with zero attached hydrogens (tertiary/aromatic N) is 1. The van der Waals surface area contributed by atoms with Gasteiger partial charge in [0.1, 0.15) is 17.2 Å². The zero-order chi connectivity index (χ0) is 16.6. The Morgan fingerprint density at radius 1 is 1.26 bits per heavy atom. The predicted octanol–water partition coefficient (Wildman–Crippen LogP) is -0.555. The fourth-order valence-electron chi connectivity index (χ4n) is 2.42. The molecular formula is C14H12N2O6S. The van der Waals surface area contributed by atoms with Gasteiger partial charge in [0.25, 0.3) is 5.91 Å². The fraction of sp³-hybridized carbons (Fsp3) is 0.286. The van der Waals surface area contributed by atoms with Crippen molar-refractivity contribution in [2.75, 3.05) is 6.61 Å². The molecule has 2 aliphatic heterocycles. The number of carbonyl (C=O) groups is 4. The first-order chi connectivity index (χ1) is 11.0. The van der Waals surface area contributed by atoms with Crippen LogP contribution in [-0.4, -0.2) is 57.0 Å². The number of fused-ring (bicyclic) bond motifs is 1. The van der Waals surface area contributed by atoms with Gasteiger partial charge in [0, 0.05) is 0 Å². The number of para-hydroxylation sites is 1. The third-order valence-corrected chi connectivity index (χ3v) is 4.68. The maximum atomic E-state index is 12.0. The molecule has 0 saturated carbocycles. The van der Waals surface area contributed by atoms with E-state index >= 15 is 0 Å². The topological polar surface area (TPSA) is 113 Å². The summed E-state index contributed by atoms with van der Waals surface area (Å²) in [7, 11) is 0. The number of carboxylic acid groups (broad SMARTS) is 1. The summed E-state index contributed by atoms with van der Waals surface area (Å²) in [6.45, 7) is -0.276. The zero-order valence-corrected chi connectivity index (χ0v) is 12.5. The molecule has 2 heterocycles. The number of ether oxygens (including phenoxy) is 1. The Morgan fingerprint density at radius 3 is 2.61 bits per heavy atom. The van der Waals surface area contributed by atoms with Gasteiger partial charge < -0.3 is 20.1 Å². The van der Waals surface area contributed by atoms with Crippen LogP contribution in [0, 0.1) is 0 Å². The molecule has 0 aromatic heterocycles. The molecule has 1 aromatic rings. The third kappa shape index (κ3) is 2.74. The van der Waals surface area contributed by atoms with E-state index in [4.69, 9.17) is 9.84 Å². The van der Waals surface area contributed by atoms with Crippen LogP contribution in [0.5, 0.6) is 5.75 Å². The lowest BCUT2D eigenvalue weighted by Crippen LogP contribution is -2.70. The summed E-state index contributed by atoms with van der Waals surface area (Å²) in [6.07, 6.45) is 0. The molecule has 2 amide bonds. The number of carbonyl (C=O) groups excluding carboxylic acids is 3. The number of β-lactam (4-membered cyclic amide) rings is 1. The van der Waals surface area contributed by atoms with E-state index in [1.165, 1.54) is 0 Å². The molecule has 0 aliphatic carbocycles. The molecular weight excluding hydrogens is 324 g/mol. The summed E-state index contributed by atoms with van der Waals surface area (Å²) in [6, 6.07) is 6.33. The minimum absolute atomic E-state index is 0.276. The largest absolute Gasteiger partial charge is 0.484 e. The first-order valence-corrected chi connectivity index (χ1v) is 7.59. The molecule has 9 heteroatoms. The predicted molar refractivity (Wildman–Crippen MR) is 78.5 cm³/mol. The Balaban J connectivity index is 1.56. The Kier molecular flexibility index (Phi) is 3.95. The van der Waals surface area contributed by atoms with E-state index in [9.17, 15) is 19.2 Å². The number of hydrogen-bond donors (Lipinski definition) is 2. The van der Waals surface area contributed by atoms with E-state index < -0.39 is 40.4 Å². The molecule has 2 unspecified atom stereocenters. The van der Waals surface area contributed by atoms with Gasteiger partial charge in [-0.3, -0.25) is 14.4 Å². The Hall–Kier alpha value is -2.55. The van der Waals surface area contributed by atoms with Gasteiger partial charge in [-0.1, -0.05) is 30.0 Å². The second kappa shape index (κ2) is 5.92. The van der Waals surface area contributed by atoms with Crippen molar-refractivity contribution in [3.8, 4) is 5.75 Å². The maximum absolute atomic E-state index is 12.0. The van der Waals surface area contributed by atoms with E-state index in [0.717, 1.165) is 16.7 Å². The van der Waals surface area contributed by atoms with Crippen molar-refractivity contribution in [3.63, 3.8) is 0 Å². The molecule has 1 aromatic carbocycles. The van der Waals surface area contributed by atoms with Crippen molar-refractivity contribution in [1.82, 2.24) is 10.2 Å². The molecule has 0 bridgehead atoms. The molecule has 2 saturated heterocycles. The number of amides is 2. The van der Waals surface area contributed by atoms with Crippen molar-refractivity contribution < 1.29 is 29.0 Å². The van der Waals surface area contributed by atoms with Crippen LogP contribution in [0.3, 0.4) is 0 Å². The molecule has 120 valence electrons. The number of carboxylic acids is 1. The van der Waals surface area contributed by atoms with E-state index in [0.29, 0.717) is 5.75 Å². The van der Waals surface area contributed by atoms with Crippen molar-refractivity contribution >= 4 is 34.7 Å². The minimum atomic E-state index is -1.47. The van der Waals surface area contributed by atoms with Gasteiger partial charge in [0.15, 0.2) is 12.6 Å². The molecule has 0 spiro atoms. The minimum Gasteiger partial charge on any atom is -0.484 e. The van der Waals surface area contributed by atoms with E-state index in [2.05, 4.69) is 5.32 Å². The quantitative estimate of drug-likeness (QED) is 0.547. The Morgan fingerprint density at radius 2 is 1.96 bits per heavy atom. The smallest absolute Gasteiger partial charge is 0.335 e. The molecule has 0 radical (unpaired) electrons. The molecule has 3 atom stereocenters. The lowest BCUT2D eigenvalue weighted by atomic mass is 10.0. The van der Waals surface area contributed by atoms with E-state index in [1.807, 2.05) is 6.07 Å². The van der Waals surface area contributed by atoms with Gasteiger partial charge in [-0.15, -0.1) is 0 Å². The summed E-state index contributed by atoms with van der Waals surface area (Å²) in [4.78, 5) is 47.4. The summed E-state index contributed by atoms with van der Waals surface area (Å²) in [5, 5.41) is 10.2. The number of nitrogens with one attached hydrogen (secondary N) is 1. The van der Waals surface area contributed by atoms with Crippen molar-refractivity contribution in [2.24, 2.45) is 0 Å². The first kappa shape index (κ1) is 15.3. The van der Waals surface area contributed by atoms with Crippen LogP contribution < -0.4 is 10.1 Å². The Bertz CT molecular complexity index is 679. The van der Waals surface area contributed by atoms with Gasteiger partial charge in [-0.05, 0) is 12.1 Å². The van der Waals surface area contributed by atoms with Crippen molar-refractivity contribution in [1.29, 1.82) is 0 Å². The normalized spacial score (nSPS) is 25.6. The summed E-state index contributed by atoms with van der Waals surface area (Å²) in [5.41, 5.74) is 0. The fourth-order valence-corrected chi connectivity index (χ4v) is 3.66. The number of aliphatic carboxylic acids is 1. The molecule has 2 N–H and O–H groups in total. The number of rotatable bonds is 5. The summed E-state index contributed by atoms with van der Waals surface area (Å²) < 4.78 is 5.26. The molecule has 23 heavy (non-hydrogen) atoms. The highest BCUT2D eigenvalue weighted by Gasteiger charge is 2.61. The highest BCUT2D eigenvalue weighted by atomic mass is 32.2. The van der Waals surface area contributed by atoms with Crippen molar-refractivity contribution in [2.45, 2.75) is 17.5 Å². The van der Waals surface area contributed by atoms with Crippen molar-refractivity contribution in [3.05, 3.63) is 30.3 Å². The number of benzene rings is 1. The monoisotopic (exact) mass is 336 g/mol. The maximum Gasteiger partial charge on any atom is 0.335 e. The lowest BCUT2D eigenvalue weighted by molar-refractivity contribution is -0.161. The van der Waals surface area contributed by atoms with Gasteiger partial charge >= 0.3 is 5.97 Å².